The van der Waals surface area contributed by atoms with Crippen LogP contribution in [0.5, 0.6) is 0 Å². The standard InChI is InChI=1S/C59H100O15/c1-3-5-7-9-11-13-15-17-19-21-23-25-27-29-31-33-35-37-39-41-50(61)69-44-47(72-51(62)42-40-38-36-34-32-30-28-26-24-22-20-18-16-14-12-10-8-6-4-2)45-70-58-57(68)55(66)53(64)49(74-58)46-71-59-56(67)54(65)52(63)48(43-60)73-59/h6,8,12,14,18,20,24,26,30,32,36,38,47-49,52-60,63-68H,3-5,7,9-11,13,15-17,19,21-23,25,27-29,31,33-35,37,39-46H2,1-2H3/b8-6-,14-12-,20-18-,26-24-,32-30-,38-36-. The van der Waals surface area contributed by atoms with Crippen molar-refractivity contribution in [3.8, 4) is 0 Å². The zero-order chi connectivity index (χ0) is 53.9. The van der Waals surface area contributed by atoms with Crippen molar-refractivity contribution in [3.05, 3.63) is 72.9 Å². The van der Waals surface area contributed by atoms with Gasteiger partial charge in [-0.2, -0.15) is 0 Å². The Kier molecular flexibility index (Phi) is 40.8. The maximum absolute atomic E-state index is 13.0. The number of aliphatic hydroxyl groups is 7. The summed E-state index contributed by atoms with van der Waals surface area (Å²) in [7, 11) is 0. The average molecular weight is 1050 g/mol. The van der Waals surface area contributed by atoms with Gasteiger partial charge in [0.05, 0.1) is 19.8 Å². The first-order valence-corrected chi connectivity index (χ1v) is 28.5. The summed E-state index contributed by atoms with van der Waals surface area (Å²) in [5.41, 5.74) is 0. The lowest BCUT2D eigenvalue weighted by molar-refractivity contribution is -0.332. The molecule has 2 heterocycles. The maximum atomic E-state index is 13.0. The van der Waals surface area contributed by atoms with E-state index in [2.05, 4.69) is 74.6 Å². The van der Waals surface area contributed by atoms with Crippen molar-refractivity contribution in [1.82, 2.24) is 0 Å². The molecule has 15 nitrogen and oxygen atoms in total. The Morgan fingerprint density at radius 3 is 1.31 bits per heavy atom. The summed E-state index contributed by atoms with van der Waals surface area (Å²) in [6.07, 6.45) is 38.0. The van der Waals surface area contributed by atoms with Gasteiger partial charge in [0.25, 0.3) is 0 Å². The Hall–Kier alpha value is -3.06. The topological polar surface area (TPSA) is 231 Å². The molecule has 426 valence electrons. The van der Waals surface area contributed by atoms with Crippen LogP contribution >= 0.6 is 0 Å². The Morgan fingerprint density at radius 2 is 0.851 bits per heavy atom. The number of unbranched alkanes of at least 4 members (excludes halogenated alkanes) is 18. The highest BCUT2D eigenvalue weighted by molar-refractivity contribution is 5.70. The second-order valence-corrected chi connectivity index (χ2v) is 19.7. The quantitative estimate of drug-likeness (QED) is 0.0171. The number of hydrogen-bond donors (Lipinski definition) is 7. The highest BCUT2D eigenvalue weighted by atomic mass is 16.7. The highest BCUT2D eigenvalue weighted by Crippen LogP contribution is 2.26. The average Bonchev–Trinajstić information content (AvgIpc) is 3.39. The van der Waals surface area contributed by atoms with E-state index in [1.807, 2.05) is 12.2 Å². The minimum absolute atomic E-state index is 0.0385. The largest absolute Gasteiger partial charge is 0.462 e. The van der Waals surface area contributed by atoms with Gasteiger partial charge in [0.15, 0.2) is 18.7 Å². The van der Waals surface area contributed by atoms with Crippen LogP contribution in [0.4, 0.5) is 0 Å². The smallest absolute Gasteiger partial charge is 0.306 e. The molecule has 0 spiro atoms. The molecule has 7 N–H and O–H groups in total. The third kappa shape index (κ3) is 31.9. The van der Waals surface area contributed by atoms with Gasteiger partial charge >= 0.3 is 11.9 Å². The molecule has 74 heavy (non-hydrogen) atoms. The predicted octanol–water partition coefficient (Wildman–Crippen LogP) is 9.38. The van der Waals surface area contributed by atoms with Gasteiger partial charge in [-0.1, -0.05) is 202 Å². The van der Waals surface area contributed by atoms with Gasteiger partial charge < -0.3 is 64.2 Å². The zero-order valence-electron chi connectivity index (χ0n) is 45.3. The fourth-order valence-corrected chi connectivity index (χ4v) is 8.60. The number of rotatable bonds is 44. The lowest BCUT2D eigenvalue weighted by Gasteiger charge is -2.42. The highest BCUT2D eigenvalue weighted by Gasteiger charge is 2.47. The molecule has 11 unspecified atom stereocenters. The van der Waals surface area contributed by atoms with Crippen LogP contribution in [0, 0.1) is 0 Å². The first kappa shape index (κ1) is 67.1. The summed E-state index contributed by atoms with van der Waals surface area (Å²) >= 11 is 0. The predicted molar refractivity (Wildman–Crippen MR) is 289 cm³/mol. The lowest BCUT2D eigenvalue weighted by atomic mass is 9.98. The summed E-state index contributed by atoms with van der Waals surface area (Å²) in [6.45, 7) is 2.42. The van der Waals surface area contributed by atoms with Crippen molar-refractivity contribution in [3.63, 3.8) is 0 Å². The molecule has 11 atom stereocenters. The van der Waals surface area contributed by atoms with Crippen LogP contribution < -0.4 is 0 Å². The van der Waals surface area contributed by atoms with E-state index in [1.54, 1.807) is 0 Å². The molecule has 0 aromatic rings. The molecule has 2 saturated heterocycles. The number of aliphatic hydroxyl groups excluding tert-OH is 7. The molecule has 0 radical (unpaired) electrons. The third-order valence-corrected chi connectivity index (χ3v) is 13.2. The Balaban J connectivity index is 1.80. The third-order valence-electron chi connectivity index (χ3n) is 13.2. The van der Waals surface area contributed by atoms with Crippen molar-refractivity contribution in [2.75, 3.05) is 26.4 Å². The molecule has 0 bridgehead atoms. The van der Waals surface area contributed by atoms with Gasteiger partial charge in [-0.05, 0) is 51.4 Å². The maximum Gasteiger partial charge on any atom is 0.306 e. The van der Waals surface area contributed by atoms with Crippen LogP contribution in [0.1, 0.15) is 194 Å². The number of ether oxygens (including phenoxy) is 6. The molecule has 0 aliphatic carbocycles. The molecule has 2 aliphatic rings. The fraction of sp³-hybridized carbons (Fsp3) is 0.763. The molecule has 15 heteroatoms. The Bertz CT molecular complexity index is 1560. The molecule has 2 fully saturated rings. The molecular weight excluding hydrogens is 949 g/mol. The van der Waals surface area contributed by atoms with E-state index in [-0.39, 0.29) is 19.4 Å². The van der Waals surface area contributed by atoms with Gasteiger partial charge in [-0.3, -0.25) is 9.59 Å². The van der Waals surface area contributed by atoms with E-state index in [0.29, 0.717) is 19.3 Å². The molecule has 0 aromatic heterocycles. The van der Waals surface area contributed by atoms with E-state index in [0.717, 1.165) is 51.4 Å². The van der Waals surface area contributed by atoms with E-state index < -0.39 is 99.3 Å². The summed E-state index contributed by atoms with van der Waals surface area (Å²) in [4.78, 5) is 25.8. The van der Waals surface area contributed by atoms with Crippen molar-refractivity contribution in [1.29, 1.82) is 0 Å². The van der Waals surface area contributed by atoms with Gasteiger partial charge in [0, 0.05) is 12.8 Å². The Morgan fingerprint density at radius 1 is 0.446 bits per heavy atom. The number of esters is 2. The van der Waals surface area contributed by atoms with Crippen LogP contribution in [0.2, 0.25) is 0 Å². The molecule has 2 rings (SSSR count). The van der Waals surface area contributed by atoms with Crippen molar-refractivity contribution >= 4 is 11.9 Å². The number of allylic oxidation sites excluding steroid dienone is 12. The van der Waals surface area contributed by atoms with Gasteiger partial charge in [0.1, 0.15) is 55.4 Å². The molecule has 0 amide bonds. The van der Waals surface area contributed by atoms with Crippen LogP contribution in [0.3, 0.4) is 0 Å². The number of hydrogen-bond acceptors (Lipinski definition) is 15. The molecular formula is C59H100O15. The van der Waals surface area contributed by atoms with Crippen LogP contribution in [0.25, 0.3) is 0 Å². The SMILES string of the molecule is CC/C=C\C/C=C\C/C=C\C/C=C\C/C=C\C/C=C\CCC(=O)OC(COC(=O)CCCCCCCCCCCCCCCCCCCCC)COC1OC(COC2OC(CO)C(O)C(O)C2O)C(O)C(O)C1O. The second-order valence-electron chi connectivity index (χ2n) is 19.7. The van der Waals surface area contributed by atoms with Crippen molar-refractivity contribution in [2.45, 2.75) is 261 Å². The molecule has 0 aromatic carbocycles. The summed E-state index contributed by atoms with van der Waals surface area (Å²) < 4.78 is 33.6. The second kappa shape index (κ2) is 45.0. The van der Waals surface area contributed by atoms with Crippen LogP contribution in [-0.2, 0) is 38.0 Å². The molecule has 2 aliphatic heterocycles. The first-order valence-electron chi connectivity index (χ1n) is 28.5. The van der Waals surface area contributed by atoms with Crippen LogP contribution in [0.15, 0.2) is 72.9 Å². The van der Waals surface area contributed by atoms with Gasteiger partial charge in [0.2, 0.25) is 0 Å². The van der Waals surface area contributed by atoms with Crippen molar-refractivity contribution in [2.24, 2.45) is 0 Å². The fourth-order valence-electron chi connectivity index (χ4n) is 8.60. The Labute approximate surface area is 444 Å². The van der Waals surface area contributed by atoms with E-state index in [9.17, 15) is 45.3 Å². The number of carbonyl (C=O) groups excluding carboxylic acids is 2. The number of carbonyl (C=O) groups is 2. The van der Waals surface area contributed by atoms with Crippen LogP contribution in [-0.4, -0.2) is 142 Å². The normalized spacial score (nSPS) is 25.2. The monoisotopic (exact) mass is 1050 g/mol. The minimum Gasteiger partial charge on any atom is -0.462 e. The van der Waals surface area contributed by atoms with E-state index >= 15 is 0 Å². The first-order chi connectivity index (χ1) is 36.0. The van der Waals surface area contributed by atoms with Gasteiger partial charge in [-0.25, -0.2) is 0 Å². The van der Waals surface area contributed by atoms with E-state index in [1.165, 1.54) is 96.3 Å². The summed E-state index contributed by atoms with van der Waals surface area (Å²) in [5, 5.41) is 72.2. The lowest BCUT2D eigenvalue weighted by Crippen LogP contribution is -2.61. The molecule has 0 saturated carbocycles. The van der Waals surface area contributed by atoms with Gasteiger partial charge in [-0.15, -0.1) is 0 Å². The minimum atomic E-state index is -1.78. The van der Waals surface area contributed by atoms with E-state index in [4.69, 9.17) is 28.4 Å². The zero-order valence-corrected chi connectivity index (χ0v) is 45.3. The summed E-state index contributed by atoms with van der Waals surface area (Å²) in [6, 6.07) is 0. The summed E-state index contributed by atoms with van der Waals surface area (Å²) in [5.74, 6) is -1.02. The van der Waals surface area contributed by atoms with Crippen molar-refractivity contribution < 1.29 is 73.8 Å².